The Morgan fingerprint density at radius 1 is 0.540 bits per heavy atom. The molecule has 0 fully saturated rings. The fraction of sp³-hybridized carbons (Fsp3) is 0.833. The number of carbonyl (C=O) groups excluding carboxylic acids is 6. The fourth-order valence-corrected chi connectivity index (χ4v) is 6.31. The lowest BCUT2D eigenvalue weighted by Gasteiger charge is -2.37. The van der Waals surface area contributed by atoms with E-state index in [2.05, 4.69) is 5.48 Å². The highest BCUT2D eigenvalue weighted by atomic mass is 16.7. The molecule has 290 valence electrons. The molecule has 0 aliphatic carbocycles. The first-order valence-electron chi connectivity index (χ1n) is 17.4. The van der Waals surface area contributed by atoms with E-state index in [1.165, 1.54) is 28.4 Å². The molecule has 14 nitrogen and oxygen atoms in total. The number of rotatable bonds is 24. The lowest BCUT2D eigenvalue weighted by atomic mass is 9.67. The van der Waals surface area contributed by atoms with Gasteiger partial charge in [0, 0.05) is 20.1 Å². The van der Waals surface area contributed by atoms with Gasteiger partial charge in [0.2, 0.25) is 0 Å². The maximum atomic E-state index is 13.5. The van der Waals surface area contributed by atoms with Crippen molar-refractivity contribution in [3.63, 3.8) is 0 Å². The van der Waals surface area contributed by atoms with Crippen molar-refractivity contribution in [3.8, 4) is 0 Å². The number of esters is 4. The molecule has 0 rings (SSSR count). The van der Waals surface area contributed by atoms with Crippen LogP contribution in [0.3, 0.4) is 0 Å². The molecule has 0 spiro atoms. The van der Waals surface area contributed by atoms with E-state index in [1.807, 2.05) is 6.92 Å². The van der Waals surface area contributed by atoms with Crippen LogP contribution in [0.25, 0.3) is 0 Å². The lowest BCUT2D eigenvalue weighted by Crippen LogP contribution is -2.44. The van der Waals surface area contributed by atoms with Crippen LogP contribution in [0.4, 0.5) is 0 Å². The zero-order valence-electron chi connectivity index (χ0n) is 32.4. The highest BCUT2D eigenvalue weighted by Crippen LogP contribution is 2.44. The zero-order chi connectivity index (χ0) is 38.8. The maximum Gasteiger partial charge on any atom is 0.335 e. The number of amides is 1. The van der Waals surface area contributed by atoms with Gasteiger partial charge in [-0.15, -0.1) is 0 Å². The Labute approximate surface area is 298 Å². The van der Waals surface area contributed by atoms with Gasteiger partial charge in [-0.25, -0.2) is 4.79 Å². The standard InChI is InChI=1S/C36H63NO13/c1-13-25(21-35(7,31(42)48-19-17-44-9)23-33(5,15-3)29(40)46-11)27(38)37-50-28(39)26(14-2)22-36(8,32(43)49-20-18-45-10)24-34(6,16-4)30(41)47-12/h25-26H,13-24H2,1-12H3,(H,37,38). The first-order valence-corrected chi connectivity index (χ1v) is 17.4. The van der Waals surface area contributed by atoms with Crippen molar-refractivity contribution in [2.75, 3.05) is 54.9 Å². The summed E-state index contributed by atoms with van der Waals surface area (Å²) in [5, 5.41) is 0. The third-order valence-corrected chi connectivity index (χ3v) is 9.84. The largest absolute Gasteiger partial charge is 0.469 e. The van der Waals surface area contributed by atoms with E-state index in [4.69, 9.17) is 33.3 Å². The predicted molar refractivity (Wildman–Crippen MR) is 183 cm³/mol. The van der Waals surface area contributed by atoms with Crippen LogP contribution >= 0.6 is 0 Å². The average molecular weight is 718 g/mol. The van der Waals surface area contributed by atoms with Gasteiger partial charge in [-0.3, -0.25) is 24.0 Å². The van der Waals surface area contributed by atoms with Crippen molar-refractivity contribution in [3.05, 3.63) is 0 Å². The molecule has 0 heterocycles. The molecule has 0 radical (unpaired) electrons. The number of nitrogens with one attached hydrogen (secondary N) is 1. The molecule has 0 aliphatic rings. The molecule has 0 aromatic heterocycles. The molecule has 0 saturated heterocycles. The quantitative estimate of drug-likeness (QED) is 0.0627. The molecule has 50 heavy (non-hydrogen) atoms. The molecule has 0 aliphatic heterocycles. The van der Waals surface area contributed by atoms with E-state index < -0.39 is 69.2 Å². The fourth-order valence-electron chi connectivity index (χ4n) is 6.31. The highest BCUT2D eigenvalue weighted by Gasteiger charge is 2.49. The summed E-state index contributed by atoms with van der Waals surface area (Å²) in [6.07, 6.45) is 1.28. The van der Waals surface area contributed by atoms with Crippen LogP contribution in [-0.2, 0) is 62.0 Å². The molecular weight excluding hydrogens is 654 g/mol. The maximum absolute atomic E-state index is 13.5. The van der Waals surface area contributed by atoms with Crippen molar-refractivity contribution in [1.29, 1.82) is 0 Å². The molecule has 0 aromatic carbocycles. The summed E-state index contributed by atoms with van der Waals surface area (Å²) in [6, 6.07) is 0. The lowest BCUT2D eigenvalue weighted by molar-refractivity contribution is -0.172. The van der Waals surface area contributed by atoms with Gasteiger partial charge >= 0.3 is 29.8 Å². The third kappa shape index (κ3) is 13.5. The van der Waals surface area contributed by atoms with Gasteiger partial charge in [0.05, 0.1) is 55.0 Å². The molecule has 1 N–H and O–H groups in total. The average Bonchev–Trinajstić information content (AvgIpc) is 3.10. The van der Waals surface area contributed by atoms with Gasteiger partial charge in [-0.1, -0.05) is 27.7 Å². The zero-order valence-corrected chi connectivity index (χ0v) is 32.4. The molecular formula is C36H63NO13. The monoisotopic (exact) mass is 717 g/mol. The molecule has 1 amide bonds. The first-order chi connectivity index (χ1) is 23.4. The highest BCUT2D eigenvalue weighted by molar-refractivity contribution is 5.84. The van der Waals surface area contributed by atoms with E-state index in [0.717, 1.165) is 0 Å². The summed E-state index contributed by atoms with van der Waals surface area (Å²) in [4.78, 5) is 84.6. The summed E-state index contributed by atoms with van der Waals surface area (Å²) < 4.78 is 31.0. The minimum Gasteiger partial charge on any atom is -0.469 e. The Morgan fingerprint density at radius 2 is 0.920 bits per heavy atom. The first kappa shape index (κ1) is 46.7. The minimum atomic E-state index is -1.31. The smallest absolute Gasteiger partial charge is 0.335 e. The molecule has 0 bridgehead atoms. The summed E-state index contributed by atoms with van der Waals surface area (Å²) in [5.41, 5.74) is -2.43. The Morgan fingerprint density at radius 3 is 1.24 bits per heavy atom. The van der Waals surface area contributed by atoms with Crippen LogP contribution in [0.15, 0.2) is 0 Å². The molecule has 6 atom stereocenters. The van der Waals surface area contributed by atoms with Crippen LogP contribution in [0, 0.1) is 33.5 Å². The number of methoxy groups -OCH3 is 4. The Bertz CT molecular complexity index is 1040. The number of carbonyl (C=O) groups is 6. The second-order valence-corrected chi connectivity index (χ2v) is 14.0. The van der Waals surface area contributed by atoms with Gasteiger partial charge in [0.25, 0.3) is 5.91 Å². The van der Waals surface area contributed by atoms with E-state index in [-0.39, 0.29) is 65.0 Å². The third-order valence-electron chi connectivity index (χ3n) is 9.84. The van der Waals surface area contributed by atoms with Crippen LogP contribution in [0.1, 0.15) is 107 Å². The van der Waals surface area contributed by atoms with E-state index >= 15 is 0 Å². The van der Waals surface area contributed by atoms with Crippen LogP contribution < -0.4 is 5.48 Å². The summed E-state index contributed by atoms with van der Waals surface area (Å²) in [6.45, 7) is 14.1. The Balaban J connectivity index is 6.18. The van der Waals surface area contributed by atoms with E-state index in [9.17, 15) is 28.8 Å². The summed E-state index contributed by atoms with van der Waals surface area (Å²) in [5.74, 6) is -5.30. The second kappa shape index (κ2) is 21.8. The molecule has 0 aromatic rings. The van der Waals surface area contributed by atoms with Gasteiger partial charge in [0.1, 0.15) is 13.2 Å². The van der Waals surface area contributed by atoms with Crippen LogP contribution in [-0.4, -0.2) is 90.6 Å². The van der Waals surface area contributed by atoms with E-state index in [0.29, 0.717) is 12.8 Å². The Kier molecular flexibility index (Phi) is 20.4. The van der Waals surface area contributed by atoms with Crippen LogP contribution in [0.2, 0.25) is 0 Å². The normalized spacial score (nSPS) is 17.3. The number of hydrogen-bond donors (Lipinski definition) is 1. The van der Waals surface area contributed by atoms with Crippen molar-refractivity contribution >= 4 is 35.8 Å². The van der Waals surface area contributed by atoms with Gasteiger partial charge < -0.3 is 33.3 Å². The van der Waals surface area contributed by atoms with Crippen LogP contribution in [0.5, 0.6) is 0 Å². The van der Waals surface area contributed by atoms with Crippen molar-refractivity contribution < 1.29 is 62.0 Å². The van der Waals surface area contributed by atoms with Crippen molar-refractivity contribution in [2.45, 2.75) is 107 Å². The molecule has 6 unspecified atom stereocenters. The number of hydroxylamine groups is 1. The topological polar surface area (TPSA) is 179 Å². The van der Waals surface area contributed by atoms with Gasteiger partial charge in [-0.2, -0.15) is 5.48 Å². The van der Waals surface area contributed by atoms with Crippen molar-refractivity contribution in [1.82, 2.24) is 5.48 Å². The van der Waals surface area contributed by atoms with Crippen molar-refractivity contribution in [2.24, 2.45) is 33.5 Å². The number of ether oxygens (including phenoxy) is 6. The summed E-state index contributed by atoms with van der Waals surface area (Å²) >= 11 is 0. The molecule has 14 heteroatoms. The van der Waals surface area contributed by atoms with Gasteiger partial charge in [0.15, 0.2) is 0 Å². The summed E-state index contributed by atoms with van der Waals surface area (Å²) in [7, 11) is 5.50. The Hall–Kier alpha value is -3.26. The minimum absolute atomic E-state index is 0.0130. The second-order valence-electron chi connectivity index (χ2n) is 14.0. The van der Waals surface area contributed by atoms with Gasteiger partial charge in [-0.05, 0) is 79.1 Å². The van der Waals surface area contributed by atoms with E-state index in [1.54, 1.807) is 48.5 Å². The molecule has 0 saturated carbocycles. The number of hydrogen-bond acceptors (Lipinski definition) is 13. The predicted octanol–water partition coefficient (Wildman–Crippen LogP) is 4.74. The SMILES string of the molecule is CCC(CC(C)(CC(C)(CC)C(=O)OC)C(=O)OCCOC)C(=O)NOC(=O)C(CC)CC(C)(CC(C)(CC)C(=O)OC)C(=O)OCCOC.